The number of fused-ring (bicyclic) bond motifs is 1. The van der Waals surface area contributed by atoms with E-state index < -0.39 is 11.9 Å². The fraction of sp³-hybridized carbons (Fsp3) is 0.344. The van der Waals surface area contributed by atoms with Gasteiger partial charge in [0.1, 0.15) is 5.52 Å². The van der Waals surface area contributed by atoms with Crippen LogP contribution in [-0.2, 0) is 25.5 Å². The lowest BCUT2D eigenvalue weighted by atomic mass is 9.89. The second-order valence-electron chi connectivity index (χ2n) is 11.1. The van der Waals surface area contributed by atoms with Crippen LogP contribution in [0.4, 0.5) is 17.4 Å². The molecule has 12 heteroatoms. The SMILES string of the molecule is CN(C(=O)Cc1ccc2nc(Nc3cccnc3)oc2c1)c1ccc(C2CN(C(=O)CN3CCOCC3)CC2C(=O)O)cc1. The van der Waals surface area contributed by atoms with E-state index in [0.717, 1.165) is 16.8 Å². The molecule has 0 saturated carbocycles. The van der Waals surface area contributed by atoms with Crippen molar-refractivity contribution in [2.24, 2.45) is 5.92 Å². The highest BCUT2D eigenvalue weighted by atomic mass is 16.5. The molecule has 0 bridgehead atoms. The number of anilines is 3. The number of oxazole rings is 1. The van der Waals surface area contributed by atoms with Crippen molar-refractivity contribution in [2.45, 2.75) is 12.3 Å². The topological polar surface area (TPSA) is 141 Å². The van der Waals surface area contributed by atoms with Crippen molar-refractivity contribution in [3.05, 3.63) is 78.1 Å². The molecule has 0 spiro atoms. The first-order chi connectivity index (χ1) is 21.3. The summed E-state index contributed by atoms with van der Waals surface area (Å²) in [4.78, 5) is 52.0. The van der Waals surface area contributed by atoms with Crippen LogP contribution in [0, 0.1) is 5.92 Å². The number of carboxylic acids is 1. The first kappa shape index (κ1) is 29.3. The number of carbonyl (C=O) groups excluding carboxylic acids is 2. The summed E-state index contributed by atoms with van der Waals surface area (Å²) in [5, 5.41) is 13.0. The van der Waals surface area contributed by atoms with E-state index in [-0.39, 0.29) is 37.2 Å². The van der Waals surface area contributed by atoms with E-state index >= 15 is 0 Å². The molecule has 4 aromatic rings. The Morgan fingerprint density at radius 3 is 2.59 bits per heavy atom. The molecule has 228 valence electrons. The minimum Gasteiger partial charge on any atom is -0.481 e. The average Bonchev–Trinajstić information content (AvgIpc) is 3.66. The van der Waals surface area contributed by atoms with Crippen LogP contribution in [-0.4, -0.2) is 95.6 Å². The monoisotopic (exact) mass is 598 g/mol. The maximum absolute atomic E-state index is 13.2. The summed E-state index contributed by atoms with van der Waals surface area (Å²) in [5.74, 6) is -2.12. The number of amides is 2. The number of nitrogens with zero attached hydrogens (tertiary/aromatic N) is 5. The summed E-state index contributed by atoms with van der Waals surface area (Å²) < 4.78 is 11.2. The van der Waals surface area contributed by atoms with E-state index in [4.69, 9.17) is 9.15 Å². The van der Waals surface area contributed by atoms with Crippen molar-refractivity contribution in [3.63, 3.8) is 0 Å². The Hall–Kier alpha value is -4.81. The Balaban J connectivity index is 1.08. The van der Waals surface area contributed by atoms with Crippen molar-refractivity contribution in [1.29, 1.82) is 0 Å². The number of hydrogen-bond acceptors (Lipinski definition) is 9. The molecule has 2 aliphatic heterocycles. The number of morpholine rings is 1. The van der Waals surface area contributed by atoms with Gasteiger partial charge in [0, 0.05) is 51.0 Å². The molecule has 2 unspecified atom stereocenters. The highest BCUT2D eigenvalue weighted by Gasteiger charge is 2.40. The molecule has 2 aromatic heterocycles. The van der Waals surface area contributed by atoms with Crippen molar-refractivity contribution in [2.75, 3.05) is 63.2 Å². The standard InChI is InChI=1S/C32H34N6O6/c1-36(29(39)16-21-4-9-27-28(15-21)44-32(35-27)34-23-3-2-10-33-17-23)24-7-5-22(6-8-24)25-18-38(19-26(25)31(41)42)30(40)20-37-11-13-43-14-12-37/h2-10,15,17,25-26H,11-14,16,18-20H2,1H3,(H,34,35)(H,41,42). The molecule has 2 atom stereocenters. The predicted molar refractivity (Wildman–Crippen MR) is 163 cm³/mol. The number of carbonyl (C=O) groups is 3. The summed E-state index contributed by atoms with van der Waals surface area (Å²) in [7, 11) is 1.71. The van der Waals surface area contributed by atoms with Crippen LogP contribution in [0.1, 0.15) is 17.0 Å². The second kappa shape index (κ2) is 12.8. The van der Waals surface area contributed by atoms with Gasteiger partial charge in [-0.05, 0) is 47.5 Å². The number of ether oxygens (including phenoxy) is 1. The number of pyridine rings is 1. The molecule has 0 aliphatic carbocycles. The molecule has 6 rings (SSSR count). The first-order valence-electron chi connectivity index (χ1n) is 14.6. The molecule has 44 heavy (non-hydrogen) atoms. The van der Waals surface area contributed by atoms with E-state index in [1.165, 1.54) is 0 Å². The van der Waals surface area contributed by atoms with Gasteiger partial charge in [0.2, 0.25) is 11.8 Å². The maximum atomic E-state index is 13.2. The number of likely N-dealkylation sites (tertiary alicyclic amines) is 1. The van der Waals surface area contributed by atoms with Gasteiger partial charge in [0.05, 0.1) is 44.0 Å². The number of nitrogens with one attached hydrogen (secondary N) is 1. The van der Waals surface area contributed by atoms with Gasteiger partial charge in [0.25, 0.3) is 6.01 Å². The number of aromatic nitrogens is 2. The second-order valence-corrected chi connectivity index (χ2v) is 11.1. The van der Waals surface area contributed by atoms with Crippen LogP contribution in [0.2, 0.25) is 0 Å². The molecule has 2 aromatic carbocycles. The zero-order chi connectivity index (χ0) is 30.6. The fourth-order valence-electron chi connectivity index (χ4n) is 5.72. The maximum Gasteiger partial charge on any atom is 0.308 e. The first-order valence-corrected chi connectivity index (χ1v) is 14.6. The van der Waals surface area contributed by atoms with Crippen LogP contribution in [0.15, 0.2) is 71.4 Å². The Morgan fingerprint density at radius 1 is 1.07 bits per heavy atom. The van der Waals surface area contributed by atoms with Crippen molar-refractivity contribution >= 4 is 46.3 Å². The van der Waals surface area contributed by atoms with Crippen LogP contribution in [0.3, 0.4) is 0 Å². The Morgan fingerprint density at radius 2 is 1.86 bits per heavy atom. The summed E-state index contributed by atoms with van der Waals surface area (Å²) in [6, 6.07) is 16.8. The largest absolute Gasteiger partial charge is 0.481 e. The third-order valence-electron chi connectivity index (χ3n) is 8.26. The average molecular weight is 599 g/mol. The van der Waals surface area contributed by atoms with Gasteiger partial charge in [-0.25, -0.2) is 0 Å². The van der Waals surface area contributed by atoms with E-state index in [0.29, 0.717) is 55.6 Å². The lowest BCUT2D eigenvalue weighted by molar-refractivity contribution is -0.142. The zero-order valence-corrected chi connectivity index (χ0v) is 24.4. The molecule has 0 radical (unpaired) electrons. The molecular formula is C32H34N6O6. The number of benzene rings is 2. The fourth-order valence-corrected chi connectivity index (χ4v) is 5.72. The molecule has 2 aliphatic rings. The minimum absolute atomic E-state index is 0.0629. The van der Waals surface area contributed by atoms with Gasteiger partial charge in [-0.2, -0.15) is 4.98 Å². The third-order valence-corrected chi connectivity index (χ3v) is 8.26. The Kier molecular flexibility index (Phi) is 8.53. The highest BCUT2D eigenvalue weighted by Crippen LogP contribution is 2.34. The van der Waals surface area contributed by atoms with Crippen molar-refractivity contribution < 1.29 is 28.6 Å². The quantitative estimate of drug-likeness (QED) is 0.295. The van der Waals surface area contributed by atoms with Gasteiger partial charge in [-0.15, -0.1) is 0 Å². The van der Waals surface area contributed by atoms with Crippen LogP contribution in [0.25, 0.3) is 11.1 Å². The van der Waals surface area contributed by atoms with Crippen LogP contribution >= 0.6 is 0 Å². The smallest absolute Gasteiger partial charge is 0.308 e. The number of likely N-dealkylation sites (N-methyl/N-ethyl adjacent to an activating group) is 1. The summed E-state index contributed by atoms with van der Waals surface area (Å²) >= 11 is 0. The predicted octanol–water partition coefficient (Wildman–Crippen LogP) is 3.13. The van der Waals surface area contributed by atoms with Gasteiger partial charge in [-0.3, -0.25) is 24.3 Å². The van der Waals surface area contributed by atoms with Gasteiger partial charge in [0.15, 0.2) is 5.58 Å². The van der Waals surface area contributed by atoms with E-state index in [2.05, 4.69) is 15.3 Å². The normalized spacial score (nSPS) is 18.8. The van der Waals surface area contributed by atoms with Crippen LogP contribution < -0.4 is 10.2 Å². The number of hydrogen-bond donors (Lipinski definition) is 2. The molecule has 2 saturated heterocycles. The van der Waals surface area contributed by atoms with Gasteiger partial charge in [-0.1, -0.05) is 18.2 Å². The zero-order valence-electron chi connectivity index (χ0n) is 24.4. The summed E-state index contributed by atoms with van der Waals surface area (Å²) in [6.07, 6.45) is 3.51. The number of aliphatic carboxylic acids is 1. The van der Waals surface area contributed by atoms with Gasteiger partial charge < -0.3 is 29.4 Å². The molecule has 2 N–H and O–H groups in total. The molecule has 2 fully saturated rings. The Bertz CT molecular complexity index is 1640. The van der Waals surface area contributed by atoms with E-state index in [9.17, 15) is 19.5 Å². The molecule has 12 nitrogen and oxygen atoms in total. The minimum atomic E-state index is -0.920. The molecule has 2 amide bonds. The summed E-state index contributed by atoms with van der Waals surface area (Å²) in [5.41, 5.74) is 4.29. The number of rotatable bonds is 9. The molecule has 4 heterocycles. The Labute approximate surface area is 254 Å². The summed E-state index contributed by atoms with van der Waals surface area (Å²) in [6.45, 7) is 3.37. The number of carboxylic acid groups (broad SMARTS) is 1. The van der Waals surface area contributed by atoms with E-state index in [1.807, 2.05) is 59.5 Å². The van der Waals surface area contributed by atoms with Gasteiger partial charge >= 0.3 is 5.97 Å². The lowest BCUT2D eigenvalue weighted by Crippen LogP contribution is -2.44. The lowest BCUT2D eigenvalue weighted by Gasteiger charge is -2.28. The van der Waals surface area contributed by atoms with Crippen molar-refractivity contribution in [1.82, 2.24) is 19.8 Å². The van der Waals surface area contributed by atoms with E-state index in [1.54, 1.807) is 29.2 Å². The van der Waals surface area contributed by atoms with Crippen LogP contribution in [0.5, 0.6) is 0 Å². The molecular weight excluding hydrogens is 564 g/mol. The van der Waals surface area contributed by atoms with Crippen molar-refractivity contribution in [3.8, 4) is 0 Å². The third kappa shape index (κ3) is 6.56. The highest BCUT2D eigenvalue weighted by molar-refractivity contribution is 5.94.